The van der Waals surface area contributed by atoms with E-state index in [0.717, 1.165) is 19.2 Å². The van der Waals surface area contributed by atoms with Gasteiger partial charge in [-0.05, 0) is 24.4 Å². The van der Waals surface area contributed by atoms with Gasteiger partial charge in [0.05, 0.1) is 0 Å². The molecule has 0 spiro atoms. The van der Waals surface area contributed by atoms with Crippen molar-refractivity contribution in [1.82, 2.24) is 14.9 Å². The van der Waals surface area contributed by atoms with Crippen molar-refractivity contribution < 1.29 is 13.2 Å². The van der Waals surface area contributed by atoms with Gasteiger partial charge in [0.1, 0.15) is 5.82 Å². The molecule has 1 aliphatic heterocycles. The molecule has 1 saturated carbocycles. The normalized spacial score (nSPS) is 21.3. The molecule has 0 bridgehead atoms. The van der Waals surface area contributed by atoms with Gasteiger partial charge in [-0.3, -0.25) is 4.90 Å². The molecule has 0 N–H and O–H groups in total. The first-order valence-electron chi connectivity index (χ1n) is 6.54. The highest BCUT2D eigenvalue weighted by Crippen LogP contribution is 2.32. The number of aromatic nitrogens is 2. The summed E-state index contributed by atoms with van der Waals surface area (Å²) >= 11 is 5.61. The Morgan fingerprint density at radius 3 is 2.30 bits per heavy atom. The van der Waals surface area contributed by atoms with Crippen molar-refractivity contribution in [2.45, 2.75) is 25.1 Å². The Bertz CT molecular complexity index is 496. The fourth-order valence-corrected chi connectivity index (χ4v) is 2.65. The van der Waals surface area contributed by atoms with Gasteiger partial charge in [-0.1, -0.05) is 0 Å². The molecule has 2 heterocycles. The van der Waals surface area contributed by atoms with Crippen LogP contribution in [0, 0.1) is 0 Å². The Hall–Kier alpha value is -1.08. The maximum atomic E-state index is 12.7. The molecule has 2 aliphatic rings. The molecule has 4 nitrogen and oxygen atoms in total. The molecule has 2 fully saturated rings. The van der Waals surface area contributed by atoms with Crippen molar-refractivity contribution in [2.75, 3.05) is 31.1 Å². The zero-order valence-electron chi connectivity index (χ0n) is 10.7. The Balaban J connectivity index is 1.75. The first kappa shape index (κ1) is 13.9. The highest BCUT2D eigenvalue weighted by atomic mass is 35.5. The first-order valence-corrected chi connectivity index (χ1v) is 6.92. The van der Waals surface area contributed by atoms with Gasteiger partial charge < -0.3 is 4.90 Å². The second-order valence-electron chi connectivity index (χ2n) is 5.13. The van der Waals surface area contributed by atoms with Crippen molar-refractivity contribution in [3.63, 3.8) is 0 Å². The van der Waals surface area contributed by atoms with Crippen LogP contribution >= 0.6 is 11.6 Å². The van der Waals surface area contributed by atoms with Crippen molar-refractivity contribution in [2.24, 2.45) is 0 Å². The Labute approximate surface area is 119 Å². The van der Waals surface area contributed by atoms with E-state index in [9.17, 15) is 13.2 Å². The zero-order chi connectivity index (χ0) is 14.3. The van der Waals surface area contributed by atoms with E-state index >= 15 is 0 Å². The lowest BCUT2D eigenvalue weighted by molar-refractivity contribution is -0.141. The van der Waals surface area contributed by atoms with E-state index in [1.54, 1.807) is 0 Å². The standard InChI is InChI=1S/C12H14ClF3N4/c13-11-17-9(12(14,15)16)7-10(18-11)20-5-3-19(4-6-20)8-1-2-8/h7-8H,1-6H2. The smallest absolute Gasteiger partial charge is 0.354 e. The third-order valence-electron chi connectivity index (χ3n) is 3.68. The van der Waals surface area contributed by atoms with Crippen LogP contribution in [0.5, 0.6) is 0 Å². The highest BCUT2D eigenvalue weighted by Gasteiger charge is 2.35. The Morgan fingerprint density at radius 1 is 1.10 bits per heavy atom. The van der Waals surface area contributed by atoms with Crippen molar-refractivity contribution in [3.8, 4) is 0 Å². The number of rotatable bonds is 2. The minimum absolute atomic E-state index is 0.257. The molecule has 3 rings (SSSR count). The largest absolute Gasteiger partial charge is 0.433 e. The summed E-state index contributed by atoms with van der Waals surface area (Å²) in [5.41, 5.74) is -0.989. The summed E-state index contributed by atoms with van der Waals surface area (Å²) in [5.74, 6) is 0.257. The quantitative estimate of drug-likeness (QED) is 0.786. The fourth-order valence-electron chi connectivity index (χ4n) is 2.47. The van der Waals surface area contributed by atoms with E-state index in [4.69, 9.17) is 11.6 Å². The van der Waals surface area contributed by atoms with Gasteiger partial charge in [0.15, 0.2) is 5.69 Å². The van der Waals surface area contributed by atoms with Crippen LogP contribution in [0.4, 0.5) is 19.0 Å². The lowest BCUT2D eigenvalue weighted by Gasteiger charge is -2.35. The average Bonchev–Trinajstić information content (AvgIpc) is 3.21. The van der Waals surface area contributed by atoms with Gasteiger partial charge in [0.2, 0.25) is 5.28 Å². The van der Waals surface area contributed by atoms with Crippen molar-refractivity contribution in [1.29, 1.82) is 0 Å². The zero-order valence-corrected chi connectivity index (χ0v) is 11.5. The van der Waals surface area contributed by atoms with Gasteiger partial charge in [-0.15, -0.1) is 0 Å². The van der Waals surface area contributed by atoms with Crippen LogP contribution in [0.3, 0.4) is 0 Å². The van der Waals surface area contributed by atoms with Crippen LogP contribution in [-0.2, 0) is 6.18 Å². The second kappa shape index (κ2) is 5.04. The van der Waals surface area contributed by atoms with E-state index < -0.39 is 11.9 Å². The van der Waals surface area contributed by atoms with Crippen LogP contribution in [0.2, 0.25) is 5.28 Å². The molecule has 1 aromatic heterocycles. The summed E-state index contributed by atoms with van der Waals surface area (Å²) in [4.78, 5) is 11.4. The van der Waals surface area contributed by atoms with E-state index in [1.165, 1.54) is 12.8 Å². The monoisotopic (exact) mass is 306 g/mol. The van der Waals surface area contributed by atoms with Gasteiger partial charge >= 0.3 is 6.18 Å². The lowest BCUT2D eigenvalue weighted by atomic mass is 10.3. The molecule has 0 atom stereocenters. The minimum Gasteiger partial charge on any atom is -0.354 e. The molecule has 0 aromatic carbocycles. The molecule has 1 saturated heterocycles. The van der Waals surface area contributed by atoms with Crippen molar-refractivity contribution in [3.05, 3.63) is 17.0 Å². The molecule has 0 amide bonds. The summed E-state index contributed by atoms with van der Waals surface area (Å²) in [7, 11) is 0. The molecular weight excluding hydrogens is 293 g/mol. The predicted molar refractivity (Wildman–Crippen MR) is 68.9 cm³/mol. The second-order valence-corrected chi connectivity index (χ2v) is 5.47. The van der Waals surface area contributed by atoms with Crippen molar-refractivity contribution >= 4 is 17.4 Å². The molecule has 0 radical (unpaired) electrons. The number of alkyl halides is 3. The van der Waals surface area contributed by atoms with Crippen LogP contribution in [-0.4, -0.2) is 47.1 Å². The maximum absolute atomic E-state index is 12.7. The molecular formula is C12H14ClF3N4. The molecule has 20 heavy (non-hydrogen) atoms. The van der Waals surface area contributed by atoms with E-state index in [0.29, 0.717) is 19.1 Å². The predicted octanol–water partition coefficient (Wildman–Crippen LogP) is 2.43. The molecule has 0 unspecified atom stereocenters. The van der Waals surface area contributed by atoms with Crippen LogP contribution in [0.1, 0.15) is 18.5 Å². The summed E-state index contributed by atoms with van der Waals surface area (Å²) in [6.45, 7) is 3.05. The van der Waals surface area contributed by atoms with E-state index in [1.807, 2.05) is 4.90 Å². The molecule has 8 heteroatoms. The molecule has 110 valence electrons. The third-order valence-corrected chi connectivity index (χ3v) is 3.85. The number of hydrogen-bond acceptors (Lipinski definition) is 4. The average molecular weight is 307 g/mol. The third kappa shape index (κ3) is 2.98. The minimum atomic E-state index is -4.50. The molecule has 1 aliphatic carbocycles. The number of hydrogen-bond donors (Lipinski definition) is 0. The van der Waals surface area contributed by atoms with Crippen LogP contribution in [0.15, 0.2) is 6.07 Å². The number of halogens is 4. The van der Waals surface area contributed by atoms with Gasteiger partial charge in [0.25, 0.3) is 0 Å². The number of piperazine rings is 1. The van der Waals surface area contributed by atoms with E-state index in [2.05, 4.69) is 14.9 Å². The Kier molecular flexibility index (Phi) is 3.50. The van der Waals surface area contributed by atoms with Gasteiger partial charge in [-0.2, -0.15) is 13.2 Å². The SMILES string of the molecule is FC(F)(F)c1cc(N2CCN(C3CC3)CC2)nc(Cl)n1. The first-order chi connectivity index (χ1) is 9.43. The maximum Gasteiger partial charge on any atom is 0.433 e. The lowest BCUT2D eigenvalue weighted by Crippen LogP contribution is -2.47. The number of anilines is 1. The van der Waals surface area contributed by atoms with Gasteiger partial charge in [0, 0.05) is 38.3 Å². The van der Waals surface area contributed by atoms with Gasteiger partial charge in [-0.25, -0.2) is 9.97 Å². The summed E-state index contributed by atoms with van der Waals surface area (Å²) in [6.07, 6.45) is -2.04. The Morgan fingerprint density at radius 2 is 1.75 bits per heavy atom. The summed E-state index contributed by atoms with van der Waals surface area (Å²) < 4.78 is 38.1. The van der Waals surface area contributed by atoms with E-state index in [-0.39, 0.29) is 11.1 Å². The molecule has 1 aromatic rings. The summed E-state index contributed by atoms with van der Waals surface area (Å²) in [6, 6.07) is 1.65. The number of nitrogens with zero attached hydrogens (tertiary/aromatic N) is 4. The highest BCUT2D eigenvalue weighted by molar-refractivity contribution is 6.28. The topological polar surface area (TPSA) is 32.3 Å². The van der Waals surface area contributed by atoms with Crippen LogP contribution < -0.4 is 4.90 Å². The summed E-state index contributed by atoms with van der Waals surface area (Å²) in [5, 5.41) is -0.362. The fraction of sp³-hybridized carbons (Fsp3) is 0.667. The van der Waals surface area contributed by atoms with Crippen LogP contribution in [0.25, 0.3) is 0 Å².